The molecule has 1 nitrogen and oxygen atoms in total. The van der Waals surface area contributed by atoms with Crippen molar-refractivity contribution in [1.82, 2.24) is 4.98 Å². The van der Waals surface area contributed by atoms with Crippen molar-refractivity contribution in [3.05, 3.63) is 158 Å². The minimum absolute atomic E-state index is 1.21. The smallest absolute Gasteiger partial charge is 0.145 e. The number of benzene rings is 6. The van der Waals surface area contributed by atoms with Gasteiger partial charge in [-0.2, -0.15) is 0 Å². The molecule has 0 aliphatic rings. The highest BCUT2D eigenvalue weighted by molar-refractivity contribution is 7.11. The second kappa shape index (κ2) is 10.2. The van der Waals surface area contributed by atoms with Gasteiger partial charge in [0.15, 0.2) is 0 Å². The summed E-state index contributed by atoms with van der Waals surface area (Å²) < 4.78 is 0. The summed E-state index contributed by atoms with van der Waals surface area (Å²) in [5, 5.41) is 11.1. The van der Waals surface area contributed by atoms with Crippen LogP contribution in [-0.4, -0.2) is 21.1 Å². The fourth-order valence-electron chi connectivity index (χ4n) is 6.62. The SMILES string of the molecule is C[Si](c1ccccc1)(c1ccccc1)c1ccc2c(c1)[nH]c1cc([Si](C)(c3ccccc3)c3ccccc3)ccc12. The van der Waals surface area contributed by atoms with E-state index in [0.717, 1.165) is 0 Å². The summed E-state index contributed by atoms with van der Waals surface area (Å²) in [6.07, 6.45) is 0. The number of fused-ring (bicyclic) bond motifs is 3. The van der Waals surface area contributed by atoms with E-state index in [2.05, 4.69) is 176 Å². The molecule has 198 valence electrons. The van der Waals surface area contributed by atoms with Crippen LogP contribution < -0.4 is 31.1 Å². The standard InChI is InChI=1S/C38H33NSi2/c1-40(29-15-7-3-8-16-29,30-17-9-4-10-18-30)33-23-25-35-36-26-24-34(28-38(36)39-37(35)27-33)41(2,31-19-11-5-12-20-31)32-21-13-6-14-22-32/h3-28,39H,1-2H3. The summed E-state index contributed by atoms with van der Waals surface area (Å²) >= 11 is 0. The molecule has 1 aromatic heterocycles. The summed E-state index contributed by atoms with van der Waals surface area (Å²) in [6.45, 7) is 4.96. The lowest BCUT2D eigenvalue weighted by atomic mass is 10.1. The van der Waals surface area contributed by atoms with Crippen molar-refractivity contribution in [2.45, 2.75) is 13.1 Å². The highest BCUT2D eigenvalue weighted by Gasteiger charge is 2.35. The lowest BCUT2D eigenvalue weighted by Crippen LogP contribution is -2.64. The van der Waals surface area contributed by atoms with E-state index in [4.69, 9.17) is 0 Å². The monoisotopic (exact) mass is 559 g/mol. The van der Waals surface area contributed by atoms with Crippen molar-refractivity contribution in [1.29, 1.82) is 0 Å². The molecule has 41 heavy (non-hydrogen) atoms. The number of H-pyrrole nitrogens is 1. The fraction of sp³-hybridized carbons (Fsp3) is 0.0526. The molecule has 1 N–H and O–H groups in total. The lowest BCUT2D eigenvalue weighted by Gasteiger charge is -2.29. The Morgan fingerprint density at radius 2 is 0.634 bits per heavy atom. The van der Waals surface area contributed by atoms with E-state index in [0.29, 0.717) is 0 Å². The molecule has 0 unspecified atom stereocenters. The minimum atomic E-state index is -2.19. The average Bonchev–Trinajstić information content (AvgIpc) is 3.43. The van der Waals surface area contributed by atoms with Gasteiger partial charge in [-0.05, 0) is 43.3 Å². The van der Waals surface area contributed by atoms with Gasteiger partial charge in [-0.25, -0.2) is 0 Å². The van der Waals surface area contributed by atoms with Crippen LogP contribution in [0.4, 0.5) is 0 Å². The van der Waals surface area contributed by atoms with E-state index in [9.17, 15) is 0 Å². The third kappa shape index (κ3) is 4.21. The molecule has 0 aliphatic heterocycles. The molecule has 6 aromatic carbocycles. The third-order valence-electron chi connectivity index (χ3n) is 9.16. The molecule has 1 heterocycles. The van der Waals surface area contributed by atoms with Gasteiger partial charge < -0.3 is 4.98 Å². The zero-order valence-electron chi connectivity index (χ0n) is 23.5. The zero-order valence-corrected chi connectivity index (χ0v) is 25.5. The average molecular weight is 560 g/mol. The predicted octanol–water partition coefficient (Wildman–Crippen LogP) is 5.52. The number of aromatic amines is 1. The minimum Gasteiger partial charge on any atom is -0.355 e. The Balaban J connectivity index is 1.40. The summed E-state index contributed by atoms with van der Waals surface area (Å²) in [4.78, 5) is 3.85. The Morgan fingerprint density at radius 1 is 0.341 bits per heavy atom. The van der Waals surface area contributed by atoms with Gasteiger partial charge in [0.05, 0.1) is 0 Å². The van der Waals surface area contributed by atoms with Crippen LogP contribution in [0.15, 0.2) is 158 Å². The maximum Gasteiger partial charge on any atom is 0.145 e. The van der Waals surface area contributed by atoms with Gasteiger partial charge in [-0.3, -0.25) is 0 Å². The molecule has 3 heteroatoms. The first kappa shape index (κ1) is 25.5. The van der Waals surface area contributed by atoms with Crippen molar-refractivity contribution < 1.29 is 0 Å². The van der Waals surface area contributed by atoms with Crippen LogP contribution in [0.3, 0.4) is 0 Å². The zero-order chi connectivity index (χ0) is 27.9. The van der Waals surface area contributed by atoms with Gasteiger partial charge in [-0.1, -0.05) is 159 Å². The summed E-state index contributed by atoms with van der Waals surface area (Å²) in [7, 11) is -4.37. The van der Waals surface area contributed by atoms with Crippen LogP contribution in [-0.2, 0) is 0 Å². The van der Waals surface area contributed by atoms with Crippen molar-refractivity contribution in [3.8, 4) is 0 Å². The Hall–Kier alpha value is -4.45. The van der Waals surface area contributed by atoms with E-state index < -0.39 is 16.1 Å². The molecule has 0 amide bonds. The number of hydrogen-bond donors (Lipinski definition) is 1. The van der Waals surface area contributed by atoms with E-state index in [1.54, 1.807) is 0 Å². The first-order valence-corrected chi connectivity index (χ1v) is 19.4. The highest BCUT2D eigenvalue weighted by atomic mass is 28.3. The van der Waals surface area contributed by atoms with Gasteiger partial charge in [0.1, 0.15) is 16.1 Å². The topological polar surface area (TPSA) is 15.8 Å². The largest absolute Gasteiger partial charge is 0.355 e. The van der Waals surface area contributed by atoms with Crippen LogP contribution in [0.1, 0.15) is 0 Å². The Labute approximate surface area is 244 Å². The second-order valence-electron chi connectivity index (χ2n) is 11.4. The second-order valence-corrected chi connectivity index (χ2v) is 19.3. The number of nitrogens with one attached hydrogen (secondary N) is 1. The lowest BCUT2D eigenvalue weighted by molar-refractivity contribution is 1.55. The van der Waals surface area contributed by atoms with Crippen LogP contribution in [0.2, 0.25) is 13.1 Å². The number of hydrogen-bond acceptors (Lipinski definition) is 0. The van der Waals surface area contributed by atoms with Gasteiger partial charge in [0, 0.05) is 21.8 Å². The van der Waals surface area contributed by atoms with Crippen LogP contribution >= 0.6 is 0 Å². The Kier molecular flexibility index (Phi) is 6.34. The van der Waals surface area contributed by atoms with E-state index in [1.807, 2.05) is 0 Å². The highest BCUT2D eigenvalue weighted by Crippen LogP contribution is 2.25. The molecule has 7 rings (SSSR count). The van der Waals surface area contributed by atoms with Gasteiger partial charge in [0.25, 0.3) is 0 Å². The third-order valence-corrected chi connectivity index (χ3v) is 18.0. The van der Waals surface area contributed by atoms with Crippen LogP contribution in [0, 0.1) is 0 Å². The molecule has 7 aromatic rings. The molecule has 0 atom stereocenters. The maximum atomic E-state index is 3.85. The van der Waals surface area contributed by atoms with Crippen molar-refractivity contribution in [2.24, 2.45) is 0 Å². The van der Waals surface area contributed by atoms with Crippen LogP contribution in [0.25, 0.3) is 21.8 Å². The van der Waals surface area contributed by atoms with Gasteiger partial charge in [-0.15, -0.1) is 0 Å². The summed E-state index contributed by atoms with van der Waals surface area (Å²) in [5.74, 6) is 0. The predicted molar refractivity (Wildman–Crippen MR) is 183 cm³/mol. The number of rotatable bonds is 6. The van der Waals surface area contributed by atoms with Crippen LogP contribution in [0.5, 0.6) is 0 Å². The van der Waals surface area contributed by atoms with Gasteiger partial charge in [0.2, 0.25) is 0 Å². The first-order chi connectivity index (χ1) is 20.1. The summed E-state index contributed by atoms with van der Waals surface area (Å²) in [5.41, 5.74) is 2.42. The molecule has 0 saturated heterocycles. The van der Waals surface area contributed by atoms with Crippen molar-refractivity contribution >= 4 is 69.1 Å². The summed E-state index contributed by atoms with van der Waals surface area (Å²) in [6, 6.07) is 58.6. The molecule has 0 aliphatic carbocycles. The van der Waals surface area contributed by atoms with E-state index >= 15 is 0 Å². The number of aromatic nitrogens is 1. The Morgan fingerprint density at radius 3 is 0.927 bits per heavy atom. The van der Waals surface area contributed by atoms with Crippen molar-refractivity contribution in [2.75, 3.05) is 0 Å². The fourth-order valence-corrected chi connectivity index (χ4v) is 13.8. The molecular weight excluding hydrogens is 527 g/mol. The molecule has 0 bridgehead atoms. The molecule has 0 fully saturated rings. The maximum absolute atomic E-state index is 3.85. The molecule has 0 spiro atoms. The van der Waals surface area contributed by atoms with Crippen molar-refractivity contribution in [3.63, 3.8) is 0 Å². The quantitative estimate of drug-likeness (QED) is 0.204. The first-order valence-electron chi connectivity index (χ1n) is 14.4. The normalized spacial score (nSPS) is 12.1. The van der Waals surface area contributed by atoms with E-state index in [1.165, 1.54) is 52.9 Å². The van der Waals surface area contributed by atoms with Gasteiger partial charge >= 0.3 is 0 Å². The molecular formula is C38H33NSi2. The molecule has 0 radical (unpaired) electrons. The molecule has 0 saturated carbocycles. The Bertz CT molecular complexity index is 1720. The van der Waals surface area contributed by atoms with E-state index in [-0.39, 0.29) is 0 Å².